The molecule has 1 aromatic rings. The van der Waals surface area contributed by atoms with E-state index in [1.165, 1.54) is 11.0 Å². The van der Waals surface area contributed by atoms with Crippen LogP contribution in [0.2, 0.25) is 0 Å². The highest BCUT2D eigenvalue weighted by atomic mass is 127. The number of nitrogens with zero attached hydrogens (tertiary/aromatic N) is 1. The number of urea groups is 1. The van der Waals surface area contributed by atoms with Crippen LogP contribution in [-0.4, -0.2) is 46.3 Å². The van der Waals surface area contributed by atoms with E-state index >= 15 is 0 Å². The number of benzene rings is 1. The summed E-state index contributed by atoms with van der Waals surface area (Å²) in [5.74, 6) is -0.464. The van der Waals surface area contributed by atoms with Gasteiger partial charge in [-0.15, -0.1) is 0 Å². The summed E-state index contributed by atoms with van der Waals surface area (Å²) in [6.07, 6.45) is 3.68. The minimum absolute atomic E-state index is 0.227. The van der Waals surface area contributed by atoms with E-state index in [2.05, 4.69) is 22.6 Å². The SMILES string of the molecule is COCCCC(I)[C@](O)(c1ccccc1F)C1CCCCN1C(N)=O. The first-order valence-electron chi connectivity index (χ1n) is 8.59. The van der Waals surface area contributed by atoms with Crippen LogP contribution in [0.4, 0.5) is 9.18 Å². The van der Waals surface area contributed by atoms with Crippen molar-refractivity contribution < 1.29 is 19.0 Å². The number of aliphatic hydroxyl groups is 1. The number of piperidine rings is 1. The van der Waals surface area contributed by atoms with Crippen LogP contribution in [0.15, 0.2) is 24.3 Å². The van der Waals surface area contributed by atoms with Crippen molar-refractivity contribution >= 4 is 28.6 Å². The average Bonchev–Trinajstić information content (AvgIpc) is 2.61. The minimum Gasteiger partial charge on any atom is -0.385 e. The van der Waals surface area contributed by atoms with Gasteiger partial charge in [0, 0.05) is 29.7 Å². The predicted octanol–water partition coefficient (Wildman–Crippen LogP) is 3.18. The number of likely N-dealkylation sites (tertiary alicyclic amines) is 1. The largest absolute Gasteiger partial charge is 0.385 e. The number of rotatable bonds is 7. The summed E-state index contributed by atoms with van der Waals surface area (Å²) >= 11 is 2.16. The summed E-state index contributed by atoms with van der Waals surface area (Å²) in [7, 11) is 1.63. The topological polar surface area (TPSA) is 75.8 Å². The second-order valence-electron chi connectivity index (χ2n) is 6.45. The number of halogens is 2. The van der Waals surface area contributed by atoms with E-state index < -0.39 is 23.5 Å². The molecule has 0 bridgehead atoms. The number of carbonyl (C=O) groups excluding carboxylic acids is 1. The number of amides is 2. The molecule has 1 fully saturated rings. The fourth-order valence-electron chi connectivity index (χ4n) is 3.62. The Hall–Kier alpha value is -0.930. The molecule has 0 aliphatic carbocycles. The van der Waals surface area contributed by atoms with Gasteiger partial charge >= 0.3 is 6.03 Å². The molecule has 1 aromatic carbocycles. The molecule has 25 heavy (non-hydrogen) atoms. The summed E-state index contributed by atoms with van der Waals surface area (Å²) < 4.78 is 19.4. The molecule has 0 aromatic heterocycles. The third kappa shape index (κ3) is 4.43. The highest BCUT2D eigenvalue weighted by Crippen LogP contribution is 2.42. The molecule has 1 aliphatic rings. The first-order chi connectivity index (χ1) is 11.9. The van der Waals surface area contributed by atoms with Crippen LogP contribution >= 0.6 is 22.6 Å². The Bertz CT molecular complexity index is 589. The number of hydrogen-bond acceptors (Lipinski definition) is 3. The highest BCUT2D eigenvalue weighted by Gasteiger charge is 2.49. The fraction of sp³-hybridized carbons (Fsp3) is 0.611. The summed E-state index contributed by atoms with van der Waals surface area (Å²) in [6, 6.07) is 5.14. The maximum atomic E-state index is 14.6. The van der Waals surface area contributed by atoms with E-state index in [0.717, 1.165) is 19.3 Å². The van der Waals surface area contributed by atoms with Gasteiger partial charge in [-0.05, 0) is 38.2 Å². The third-order valence-corrected chi connectivity index (χ3v) is 6.46. The molecule has 3 atom stereocenters. The molecule has 2 amide bonds. The van der Waals surface area contributed by atoms with Gasteiger partial charge in [0.05, 0.1) is 6.04 Å². The van der Waals surface area contributed by atoms with Crippen LogP contribution in [0, 0.1) is 5.82 Å². The van der Waals surface area contributed by atoms with Gasteiger partial charge in [0.1, 0.15) is 11.4 Å². The third-order valence-electron chi connectivity index (χ3n) is 4.88. The Morgan fingerprint density at radius 1 is 1.52 bits per heavy atom. The van der Waals surface area contributed by atoms with Crippen LogP contribution in [0.3, 0.4) is 0 Å². The van der Waals surface area contributed by atoms with Crippen LogP contribution < -0.4 is 5.73 Å². The number of alkyl halides is 1. The Morgan fingerprint density at radius 2 is 2.24 bits per heavy atom. The number of methoxy groups -OCH3 is 1. The quantitative estimate of drug-likeness (QED) is 0.370. The Morgan fingerprint density at radius 3 is 2.88 bits per heavy atom. The van der Waals surface area contributed by atoms with Crippen molar-refractivity contribution in [2.45, 2.75) is 47.7 Å². The van der Waals surface area contributed by atoms with Crippen molar-refractivity contribution in [2.75, 3.05) is 20.3 Å². The van der Waals surface area contributed by atoms with Crippen molar-refractivity contribution in [2.24, 2.45) is 5.73 Å². The lowest BCUT2D eigenvalue weighted by Gasteiger charge is -2.47. The van der Waals surface area contributed by atoms with Gasteiger partial charge < -0.3 is 20.5 Å². The van der Waals surface area contributed by atoms with Crippen LogP contribution in [0.5, 0.6) is 0 Å². The first kappa shape index (κ1) is 20.4. The van der Waals surface area contributed by atoms with Crippen molar-refractivity contribution in [3.8, 4) is 0 Å². The van der Waals surface area contributed by atoms with Crippen LogP contribution in [0.1, 0.15) is 37.7 Å². The lowest BCUT2D eigenvalue weighted by Crippen LogP contribution is -2.60. The minimum atomic E-state index is -1.50. The van der Waals surface area contributed by atoms with Crippen LogP contribution in [-0.2, 0) is 10.3 Å². The molecule has 1 aliphatic heterocycles. The highest BCUT2D eigenvalue weighted by molar-refractivity contribution is 14.1. The van der Waals surface area contributed by atoms with Crippen molar-refractivity contribution in [1.29, 1.82) is 0 Å². The van der Waals surface area contributed by atoms with E-state index in [1.807, 2.05) is 0 Å². The number of primary amides is 1. The second kappa shape index (κ2) is 9.14. The zero-order chi connectivity index (χ0) is 18.4. The first-order valence-corrected chi connectivity index (χ1v) is 9.84. The molecule has 140 valence electrons. The summed E-state index contributed by atoms with van der Waals surface area (Å²) in [5.41, 5.74) is 4.27. The number of nitrogens with two attached hydrogens (primary N) is 1. The fourth-order valence-corrected chi connectivity index (χ4v) is 4.81. The van der Waals surface area contributed by atoms with E-state index in [9.17, 15) is 14.3 Å². The Labute approximate surface area is 161 Å². The molecule has 7 heteroatoms. The van der Waals surface area contributed by atoms with Gasteiger partial charge in [-0.25, -0.2) is 9.18 Å². The molecule has 0 radical (unpaired) electrons. The maximum absolute atomic E-state index is 14.6. The van der Waals surface area contributed by atoms with Gasteiger partial charge in [-0.3, -0.25) is 0 Å². The van der Waals surface area contributed by atoms with Gasteiger partial charge in [-0.1, -0.05) is 40.8 Å². The second-order valence-corrected chi connectivity index (χ2v) is 7.95. The van der Waals surface area contributed by atoms with E-state index in [4.69, 9.17) is 10.5 Å². The van der Waals surface area contributed by atoms with Gasteiger partial charge in [0.15, 0.2) is 0 Å². The van der Waals surface area contributed by atoms with E-state index in [0.29, 0.717) is 26.0 Å². The average molecular weight is 464 g/mol. The molecular weight excluding hydrogens is 438 g/mol. The van der Waals surface area contributed by atoms with Gasteiger partial charge in [0.25, 0.3) is 0 Å². The van der Waals surface area contributed by atoms with E-state index in [-0.39, 0.29) is 9.49 Å². The normalized spacial score (nSPS) is 21.6. The van der Waals surface area contributed by atoms with Gasteiger partial charge in [-0.2, -0.15) is 0 Å². The monoisotopic (exact) mass is 464 g/mol. The predicted molar refractivity (Wildman–Crippen MR) is 103 cm³/mol. The standard InChI is InChI=1S/C18H26FIN2O3/c1-25-12-6-9-15(20)18(24,13-7-2-3-8-14(13)19)16-10-4-5-11-22(16)17(21)23/h2-3,7-8,15-16,24H,4-6,9-12H2,1H3,(H2,21,23)/t15?,16?,18-/m1/s1. The summed E-state index contributed by atoms with van der Waals surface area (Å²) in [6.45, 7) is 1.05. The molecular formula is C18H26FIN2O3. The summed E-state index contributed by atoms with van der Waals surface area (Å²) in [4.78, 5) is 13.4. The van der Waals surface area contributed by atoms with Crippen molar-refractivity contribution in [3.63, 3.8) is 0 Å². The molecule has 1 saturated heterocycles. The number of ether oxygens (including phenoxy) is 1. The van der Waals surface area contributed by atoms with Crippen molar-refractivity contribution in [1.82, 2.24) is 4.90 Å². The zero-order valence-corrected chi connectivity index (χ0v) is 16.6. The summed E-state index contributed by atoms with van der Waals surface area (Å²) in [5, 5.41) is 11.7. The van der Waals surface area contributed by atoms with Crippen LogP contribution in [0.25, 0.3) is 0 Å². The number of carbonyl (C=O) groups is 1. The number of hydrogen-bond donors (Lipinski definition) is 2. The molecule has 3 N–H and O–H groups in total. The van der Waals surface area contributed by atoms with E-state index in [1.54, 1.807) is 25.3 Å². The Balaban J connectivity index is 2.44. The maximum Gasteiger partial charge on any atom is 0.315 e. The molecule has 5 nitrogen and oxygen atoms in total. The molecule has 1 heterocycles. The van der Waals surface area contributed by atoms with Crippen molar-refractivity contribution in [3.05, 3.63) is 35.6 Å². The lowest BCUT2D eigenvalue weighted by molar-refractivity contribution is -0.0542. The lowest BCUT2D eigenvalue weighted by atomic mass is 9.77. The smallest absolute Gasteiger partial charge is 0.315 e. The molecule has 0 saturated carbocycles. The molecule has 2 unspecified atom stereocenters. The Kier molecular flexibility index (Phi) is 7.45. The molecule has 2 rings (SSSR count). The zero-order valence-electron chi connectivity index (χ0n) is 14.5. The van der Waals surface area contributed by atoms with Gasteiger partial charge in [0.2, 0.25) is 0 Å². The molecule has 0 spiro atoms.